The van der Waals surface area contributed by atoms with E-state index in [1.165, 1.54) is 11.1 Å². The second-order valence-electron chi connectivity index (χ2n) is 9.28. The van der Waals surface area contributed by atoms with Gasteiger partial charge in [0.2, 0.25) is 5.91 Å². The summed E-state index contributed by atoms with van der Waals surface area (Å²) >= 11 is 0. The van der Waals surface area contributed by atoms with Crippen molar-refractivity contribution in [3.63, 3.8) is 0 Å². The largest absolute Gasteiger partial charge is 0.377 e. The molecule has 1 amide bonds. The highest BCUT2D eigenvalue weighted by atomic mass is 16.3. The van der Waals surface area contributed by atoms with Crippen molar-refractivity contribution in [2.75, 3.05) is 19.6 Å². The van der Waals surface area contributed by atoms with Gasteiger partial charge in [0, 0.05) is 31.7 Å². The van der Waals surface area contributed by atoms with Crippen molar-refractivity contribution >= 4 is 5.91 Å². The predicted molar refractivity (Wildman–Crippen MR) is 112 cm³/mol. The number of hydrogen-bond acceptors (Lipinski definition) is 7. The SMILES string of the molecule is N#Cc1ccc2c(c1)CC[C@@H]2N1C(O)[C@@H]2C[C@H]1CN2C[C@H](N)C(=O)N1CCCC1C#N. The molecule has 1 aromatic carbocycles. The van der Waals surface area contributed by atoms with Crippen molar-refractivity contribution in [2.45, 2.75) is 68.5 Å². The lowest BCUT2D eigenvalue weighted by Gasteiger charge is -2.42. The molecule has 6 atom stereocenters. The number of likely N-dealkylation sites (tertiary alicyclic amines) is 3. The average molecular weight is 421 g/mol. The third kappa shape index (κ3) is 3.31. The number of nitriles is 2. The molecule has 3 aliphatic heterocycles. The van der Waals surface area contributed by atoms with Crippen molar-refractivity contribution in [3.8, 4) is 12.1 Å². The zero-order valence-corrected chi connectivity index (χ0v) is 17.5. The first kappa shape index (κ1) is 20.4. The summed E-state index contributed by atoms with van der Waals surface area (Å²) in [5.74, 6) is -0.156. The molecule has 0 aromatic heterocycles. The number of nitrogens with two attached hydrogens (primary N) is 1. The molecule has 0 spiro atoms. The van der Waals surface area contributed by atoms with Gasteiger partial charge >= 0.3 is 0 Å². The van der Waals surface area contributed by atoms with Crippen LogP contribution in [0.3, 0.4) is 0 Å². The van der Waals surface area contributed by atoms with Crippen molar-refractivity contribution < 1.29 is 9.90 Å². The number of piperazine rings is 1. The monoisotopic (exact) mass is 420 g/mol. The van der Waals surface area contributed by atoms with E-state index in [4.69, 9.17) is 11.0 Å². The van der Waals surface area contributed by atoms with E-state index in [9.17, 15) is 15.2 Å². The van der Waals surface area contributed by atoms with Crippen molar-refractivity contribution in [1.82, 2.24) is 14.7 Å². The van der Waals surface area contributed by atoms with Crippen LogP contribution in [0.15, 0.2) is 18.2 Å². The zero-order chi connectivity index (χ0) is 21.7. The molecule has 3 saturated heterocycles. The maximum atomic E-state index is 12.8. The smallest absolute Gasteiger partial charge is 0.241 e. The molecule has 8 nitrogen and oxygen atoms in total. The second-order valence-corrected chi connectivity index (χ2v) is 9.28. The Morgan fingerprint density at radius 1 is 1.32 bits per heavy atom. The van der Waals surface area contributed by atoms with E-state index in [2.05, 4.69) is 21.9 Å². The van der Waals surface area contributed by atoms with Crippen LogP contribution in [0.2, 0.25) is 0 Å². The average Bonchev–Trinajstić information content (AvgIpc) is 3.55. The fourth-order valence-corrected chi connectivity index (χ4v) is 6.18. The lowest BCUT2D eigenvalue weighted by atomic mass is 10.0. The Kier molecular flexibility index (Phi) is 5.19. The van der Waals surface area contributed by atoms with E-state index in [1.54, 1.807) is 4.90 Å². The molecule has 0 saturated carbocycles. The number of hydrogen-bond donors (Lipinski definition) is 2. The third-order valence-corrected chi connectivity index (χ3v) is 7.61. The summed E-state index contributed by atoms with van der Waals surface area (Å²) in [6, 6.07) is 9.62. The highest BCUT2D eigenvalue weighted by Gasteiger charge is 2.53. The first-order valence-corrected chi connectivity index (χ1v) is 11.2. The number of nitrogens with zero attached hydrogens (tertiary/aromatic N) is 5. The van der Waals surface area contributed by atoms with E-state index in [-0.39, 0.29) is 30.1 Å². The summed E-state index contributed by atoms with van der Waals surface area (Å²) in [6.45, 7) is 1.79. The van der Waals surface area contributed by atoms with E-state index in [0.717, 1.165) is 38.6 Å². The lowest BCUT2D eigenvalue weighted by molar-refractivity contribution is -0.134. The predicted octanol–water partition coefficient (Wildman–Crippen LogP) is 0.464. The van der Waals surface area contributed by atoms with Crippen LogP contribution in [0, 0.1) is 22.7 Å². The number of aliphatic hydroxyl groups excluding tert-OH is 1. The van der Waals surface area contributed by atoms with Crippen LogP contribution in [0.4, 0.5) is 0 Å². The molecule has 2 bridgehead atoms. The highest BCUT2D eigenvalue weighted by molar-refractivity contribution is 5.82. The summed E-state index contributed by atoms with van der Waals surface area (Å²) < 4.78 is 0. The summed E-state index contributed by atoms with van der Waals surface area (Å²) in [7, 11) is 0. The van der Waals surface area contributed by atoms with Gasteiger partial charge in [0.1, 0.15) is 12.3 Å². The Morgan fingerprint density at radius 2 is 2.16 bits per heavy atom. The molecule has 1 aromatic rings. The van der Waals surface area contributed by atoms with Crippen LogP contribution >= 0.6 is 0 Å². The van der Waals surface area contributed by atoms with Crippen LogP contribution in [0.25, 0.3) is 0 Å². The standard InChI is InChI=1S/C23H28N6O2/c24-10-14-3-5-18-15(8-14)4-6-20(18)29-17-9-21(23(29)31)27(12-17)13-19(26)22(30)28-7-1-2-16(28)11-25/h3,5,8,16-17,19-21,23,31H,1-2,4,6-7,9,12-13,26H2/t16?,17-,19-,20-,21-,23?/m0/s1. The van der Waals surface area contributed by atoms with Gasteiger partial charge in [-0.15, -0.1) is 0 Å². The Labute approximate surface area is 182 Å². The van der Waals surface area contributed by atoms with E-state index in [1.807, 2.05) is 18.2 Å². The van der Waals surface area contributed by atoms with E-state index in [0.29, 0.717) is 18.7 Å². The van der Waals surface area contributed by atoms with Crippen LogP contribution in [-0.4, -0.2) is 75.7 Å². The minimum Gasteiger partial charge on any atom is -0.377 e. The molecule has 2 unspecified atom stereocenters. The van der Waals surface area contributed by atoms with Gasteiger partial charge < -0.3 is 15.7 Å². The normalized spacial score (nSPS) is 33.3. The van der Waals surface area contributed by atoms with Gasteiger partial charge in [-0.2, -0.15) is 10.5 Å². The number of carbonyl (C=O) groups excluding carboxylic acids is 1. The van der Waals surface area contributed by atoms with Crippen molar-refractivity contribution in [3.05, 3.63) is 34.9 Å². The topological polar surface area (TPSA) is 121 Å². The molecule has 31 heavy (non-hydrogen) atoms. The molecule has 3 fully saturated rings. The number of carbonyl (C=O) groups is 1. The lowest BCUT2D eigenvalue weighted by Crippen LogP contribution is -2.58. The summed E-state index contributed by atoms with van der Waals surface area (Å²) in [5.41, 5.74) is 9.37. The molecule has 4 aliphatic rings. The third-order valence-electron chi connectivity index (χ3n) is 7.61. The first-order chi connectivity index (χ1) is 15.0. The maximum Gasteiger partial charge on any atom is 0.241 e. The van der Waals surface area contributed by atoms with Gasteiger partial charge in [-0.1, -0.05) is 6.07 Å². The van der Waals surface area contributed by atoms with E-state index < -0.39 is 12.3 Å². The van der Waals surface area contributed by atoms with Crippen LogP contribution in [0.1, 0.15) is 48.4 Å². The molecule has 0 radical (unpaired) electrons. The van der Waals surface area contributed by atoms with Gasteiger partial charge in [0.25, 0.3) is 0 Å². The summed E-state index contributed by atoms with van der Waals surface area (Å²) in [5, 5.41) is 29.5. The molecule has 162 valence electrons. The number of rotatable bonds is 4. The van der Waals surface area contributed by atoms with Gasteiger partial charge in [0.15, 0.2) is 0 Å². The van der Waals surface area contributed by atoms with Crippen LogP contribution in [0.5, 0.6) is 0 Å². The molecular weight excluding hydrogens is 392 g/mol. The molecule has 3 heterocycles. The fraction of sp³-hybridized carbons (Fsp3) is 0.609. The Morgan fingerprint density at radius 3 is 2.90 bits per heavy atom. The summed E-state index contributed by atoms with van der Waals surface area (Å²) in [4.78, 5) is 18.8. The van der Waals surface area contributed by atoms with Gasteiger partial charge in [0.05, 0.1) is 29.8 Å². The minimum atomic E-state index is -0.675. The number of aryl methyl sites for hydroxylation is 1. The Bertz CT molecular complexity index is 966. The quantitative estimate of drug-likeness (QED) is 0.726. The Hall–Kier alpha value is -2.49. The highest BCUT2D eigenvalue weighted by Crippen LogP contribution is 2.45. The molecule has 1 aliphatic carbocycles. The fourth-order valence-electron chi connectivity index (χ4n) is 6.18. The van der Waals surface area contributed by atoms with Gasteiger partial charge in [-0.25, -0.2) is 0 Å². The van der Waals surface area contributed by atoms with E-state index >= 15 is 0 Å². The van der Waals surface area contributed by atoms with Gasteiger partial charge in [-0.05, 0) is 55.4 Å². The molecule has 3 N–H and O–H groups in total. The number of benzene rings is 1. The first-order valence-electron chi connectivity index (χ1n) is 11.2. The van der Waals surface area contributed by atoms with Gasteiger partial charge in [-0.3, -0.25) is 14.6 Å². The van der Waals surface area contributed by atoms with Crippen LogP contribution < -0.4 is 5.73 Å². The maximum absolute atomic E-state index is 12.8. The number of amides is 1. The minimum absolute atomic E-state index is 0.0309. The summed E-state index contributed by atoms with van der Waals surface area (Å²) in [6.07, 6.45) is 3.72. The molecule has 5 rings (SSSR count). The number of aliphatic hydroxyl groups is 1. The Balaban J connectivity index is 1.25. The molecular formula is C23H28N6O2. The van der Waals surface area contributed by atoms with Crippen molar-refractivity contribution in [2.24, 2.45) is 5.73 Å². The van der Waals surface area contributed by atoms with Crippen molar-refractivity contribution in [1.29, 1.82) is 10.5 Å². The molecule has 8 heteroatoms. The zero-order valence-electron chi connectivity index (χ0n) is 17.5. The second kappa shape index (κ2) is 7.89. The van der Waals surface area contributed by atoms with Crippen LogP contribution in [-0.2, 0) is 11.2 Å². The number of fused-ring (bicyclic) bond motifs is 3.